The zero-order valence-corrected chi connectivity index (χ0v) is 9.14. The first kappa shape index (κ1) is 9.97. The molecule has 2 rings (SSSR count). The van der Waals surface area contributed by atoms with Gasteiger partial charge in [0.1, 0.15) is 17.6 Å². The van der Waals surface area contributed by atoms with Gasteiger partial charge >= 0.3 is 0 Å². The number of hydrogen-bond donors (Lipinski definition) is 0. The van der Waals surface area contributed by atoms with Gasteiger partial charge in [-0.3, -0.25) is 0 Å². The van der Waals surface area contributed by atoms with Crippen molar-refractivity contribution in [1.82, 2.24) is 4.98 Å². The Bertz CT molecular complexity index is 394. The molecule has 78 valence electrons. The van der Waals surface area contributed by atoms with Crippen LogP contribution < -0.4 is 4.90 Å². The summed E-state index contributed by atoms with van der Waals surface area (Å²) < 4.78 is 0. The Kier molecular flexibility index (Phi) is 2.59. The third kappa shape index (κ3) is 2.27. The van der Waals surface area contributed by atoms with E-state index in [1.165, 1.54) is 6.42 Å². The van der Waals surface area contributed by atoms with E-state index in [1.54, 1.807) is 6.07 Å². The molecule has 3 nitrogen and oxygen atoms in total. The fourth-order valence-electron chi connectivity index (χ4n) is 1.80. The summed E-state index contributed by atoms with van der Waals surface area (Å²) in [4.78, 5) is 6.40. The van der Waals surface area contributed by atoms with Crippen LogP contribution in [0.5, 0.6) is 0 Å². The van der Waals surface area contributed by atoms with Crippen LogP contribution in [-0.2, 0) is 0 Å². The zero-order chi connectivity index (χ0) is 10.8. The minimum atomic E-state index is 0.489. The molecule has 2 unspecified atom stereocenters. The van der Waals surface area contributed by atoms with Crippen LogP contribution in [0.3, 0.4) is 0 Å². The van der Waals surface area contributed by atoms with Crippen molar-refractivity contribution in [3.05, 3.63) is 23.9 Å². The van der Waals surface area contributed by atoms with Crippen LogP contribution in [0, 0.1) is 23.2 Å². The van der Waals surface area contributed by atoms with Gasteiger partial charge in [0.05, 0.1) is 0 Å². The maximum Gasteiger partial charge on any atom is 0.142 e. The van der Waals surface area contributed by atoms with E-state index in [1.807, 2.05) is 19.2 Å². The number of nitriles is 1. The van der Waals surface area contributed by atoms with Crippen LogP contribution in [-0.4, -0.2) is 18.6 Å². The highest BCUT2D eigenvalue weighted by molar-refractivity contribution is 5.40. The fourth-order valence-corrected chi connectivity index (χ4v) is 1.80. The first-order valence-corrected chi connectivity index (χ1v) is 5.29. The topological polar surface area (TPSA) is 39.9 Å². The summed E-state index contributed by atoms with van der Waals surface area (Å²) >= 11 is 0. The lowest BCUT2D eigenvalue weighted by Crippen LogP contribution is -2.21. The van der Waals surface area contributed by atoms with Crippen LogP contribution in [0.2, 0.25) is 0 Å². The van der Waals surface area contributed by atoms with E-state index in [0.717, 1.165) is 24.2 Å². The fraction of sp³-hybridized carbons (Fsp3) is 0.500. The van der Waals surface area contributed by atoms with Crippen molar-refractivity contribution in [3.63, 3.8) is 0 Å². The predicted octanol–water partition coefficient (Wildman–Crippen LogP) is 2.05. The summed E-state index contributed by atoms with van der Waals surface area (Å²) in [6.07, 6.45) is 1.32. The van der Waals surface area contributed by atoms with Crippen molar-refractivity contribution in [2.75, 3.05) is 18.5 Å². The normalized spacial score (nSPS) is 23.3. The van der Waals surface area contributed by atoms with Gasteiger partial charge in [0.15, 0.2) is 0 Å². The summed E-state index contributed by atoms with van der Waals surface area (Å²) in [5, 5.41) is 8.75. The Hall–Kier alpha value is -1.56. The number of rotatable bonds is 3. The molecule has 3 heteroatoms. The standard InChI is InChI=1S/C12H15N3/c1-9-6-10(9)8-15(2)12-5-3-4-11(7-13)14-12/h3-5,9-10H,6,8H2,1-2H3. The summed E-state index contributed by atoms with van der Waals surface area (Å²) in [6, 6.07) is 7.63. The van der Waals surface area contributed by atoms with Gasteiger partial charge in [-0.05, 0) is 30.4 Å². The summed E-state index contributed by atoms with van der Waals surface area (Å²) in [5.41, 5.74) is 0.489. The van der Waals surface area contributed by atoms with E-state index >= 15 is 0 Å². The minimum Gasteiger partial charge on any atom is -0.359 e. The summed E-state index contributed by atoms with van der Waals surface area (Å²) in [6.45, 7) is 3.32. The van der Waals surface area contributed by atoms with Crippen LogP contribution in [0.25, 0.3) is 0 Å². The molecule has 0 radical (unpaired) electrons. The Morgan fingerprint density at radius 3 is 2.93 bits per heavy atom. The number of aromatic nitrogens is 1. The van der Waals surface area contributed by atoms with Gasteiger partial charge in [-0.15, -0.1) is 0 Å². The molecule has 1 aromatic rings. The number of anilines is 1. The number of hydrogen-bond acceptors (Lipinski definition) is 3. The van der Waals surface area contributed by atoms with Gasteiger partial charge in [0.25, 0.3) is 0 Å². The van der Waals surface area contributed by atoms with Crippen LogP contribution in [0.1, 0.15) is 19.0 Å². The average molecular weight is 201 g/mol. The third-order valence-electron chi connectivity index (χ3n) is 3.02. The summed E-state index contributed by atoms with van der Waals surface area (Å²) in [5.74, 6) is 2.56. The van der Waals surface area contributed by atoms with E-state index in [4.69, 9.17) is 5.26 Å². The second kappa shape index (κ2) is 3.90. The molecule has 0 bridgehead atoms. The minimum absolute atomic E-state index is 0.489. The van der Waals surface area contributed by atoms with Gasteiger partial charge < -0.3 is 4.90 Å². The summed E-state index contributed by atoms with van der Waals surface area (Å²) in [7, 11) is 2.04. The average Bonchev–Trinajstić information content (AvgIpc) is 2.94. The Morgan fingerprint density at radius 2 is 2.33 bits per heavy atom. The highest BCUT2D eigenvalue weighted by Gasteiger charge is 2.33. The van der Waals surface area contributed by atoms with Crippen molar-refractivity contribution in [2.24, 2.45) is 11.8 Å². The smallest absolute Gasteiger partial charge is 0.142 e. The van der Waals surface area contributed by atoms with Crippen molar-refractivity contribution in [2.45, 2.75) is 13.3 Å². The molecule has 0 saturated heterocycles. The Labute approximate surface area is 90.4 Å². The highest BCUT2D eigenvalue weighted by atomic mass is 15.2. The van der Waals surface area contributed by atoms with Crippen molar-refractivity contribution in [3.8, 4) is 6.07 Å². The Balaban J connectivity index is 2.04. The Morgan fingerprint density at radius 1 is 1.60 bits per heavy atom. The first-order valence-electron chi connectivity index (χ1n) is 5.29. The van der Waals surface area contributed by atoms with Crippen LogP contribution in [0.15, 0.2) is 18.2 Å². The van der Waals surface area contributed by atoms with Gasteiger partial charge in [-0.2, -0.15) is 5.26 Å². The number of pyridine rings is 1. The van der Waals surface area contributed by atoms with Crippen LogP contribution >= 0.6 is 0 Å². The lowest BCUT2D eigenvalue weighted by atomic mass is 10.3. The second-order valence-corrected chi connectivity index (χ2v) is 4.35. The van der Waals surface area contributed by atoms with Crippen molar-refractivity contribution >= 4 is 5.82 Å². The van der Waals surface area contributed by atoms with Crippen LogP contribution in [0.4, 0.5) is 5.82 Å². The quantitative estimate of drug-likeness (QED) is 0.751. The molecule has 0 amide bonds. The molecule has 1 saturated carbocycles. The second-order valence-electron chi connectivity index (χ2n) is 4.35. The van der Waals surface area contributed by atoms with Gasteiger partial charge in [-0.25, -0.2) is 4.98 Å². The molecule has 1 fully saturated rings. The van der Waals surface area contributed by atoms with Gasteiger partial charge in [0, 0.05) is 13.6 Å². The number of nitrogens with zero attached hydrogens (tertiary/aromatic N) is 3. The molecule has 0 N–H and O–H groups in total. The lowest BCUT2D eigenvalue weighted by Gasteiger charge is -2.17. The molecule has 0 aromatic carbocycles. The maximum absolute atomic E-state index is 8.75. The van der Waals surface area contributed by atoms with Gasteiger partial charge in [0.2, 0.25) is 0 Å². The van der Waals surface area contributed by atoms with E-state index in [0.29, 0.717) is 5.69 Å². The first-order chi connectivity index (χ1) is 7.20. The molecule has 1 heterocycles. The maximum atomic E-state index is 8.75. The van der Waals surface area contributed by atoms with E-state index in [2.05, 4.69) is 22.9 Å². The molecule has 0 spiro atoms. The van der Waals surface area contributed by atoms with E-state index < -0.39 is 0 Å². The zero-order valence-electron chi connectivity index (χ0n) is 9.14. The lowest BCUT2D eigenvalue weighted by molar-refractivity contribution is 0.719. The van der Waals surface area contributed by atoms with E-state index in [-0.39, 0.29) is 0 Å². The molecule has 2 atom stereocenters. The molecule has 15 heavy (non-hydrogen) atoms. The molecular formula is C12H15N3. The molecule has 0 aliphatic heterocycles. The molecule has 1 aliphatic carbocycles. The van der Waals surface area contributed by atoms with Crippen molar-refractivity contribution < 1.29 is 0 Å². The predicted molar refractivity (Wildman–Crippen MR) is 59.5 cm³/mol. The van der Waals surface area contributed by atoms with E-state index in [9.17, 15) is 0 Å². The highest BCUT2D eigenvalue weighted by Crippen LogP contribution is 2.38. The monoisotopic (exact) mass is 201 g/mol. The van der Waals surface area contributed by atoms with Crippen molar-refractivity contribution in [1.29, 1.82) is 5.26 Å². The van der Waals surface area contributed by atoms with Gasteiger partial charge in [-0.1, -0.05) is 13.0 Å². The molecule has 1 aromatic heterocycles. The molecule has 1 aliphatic rings. The largest absolute Gasteiger partial charge is 0.359 e. The third-order valence-corrected chi connectivity index (χ3v) is 3.02. The SMILES string of the molecule is CC1CC1CN(C)c1cccc(C#N)n1. The molecular weight excluding hydrogens is 186 g/mol.